The molecule has 0 radical (unpaired) electrons. The van der Waals surface area contributed by atoms with Crippen molar-refractivity contribution in [3.63, 3.8) is 0 Å². The molecule has 0 aromatic rings. The van der Waals surface area contributed by atoms with Crippen LogP contribution in [-0.4, -0.2) is 38.7 Å². The minimum Gasteiger partial charge on any atom is -0.468 e. The molecule has 5 nitrogen and oxygen atoms in total. The van der Waals surface area contributed by atoms with Crippen LogP contribution in [0, 0.1) is 5.92 Å². The number of carbonyl (C=O) groups is 2. The van der Waals surface area contributed by atoms with Gasteiger partial charge in [-0.2, -0.15) is 0 Å². The van der Waals surface area contributed by atoms with E-state index in [9.17, 15) is 9.59 Å². The average molecular weight is 243 g/mol. The Morgan fingerprint density at radius 3 is 2.24 bits per heavy atom. The lowest BCUT2D eigenvalue weighted by Crippen LogP contribution is -2.41. The lowest BCUT2D eigenvalue weighted by atomic mass is 10.0. The van der Waals surface area contributed by atoms with Crippen molar-refractivity contribution in [1.29, 1.82) is 0 Å². The quantitative estimate of drug-likeness (QED) is 0.554. The number of nitrogens with one attached hydrogen (secondary N) is 1. The van der Waals surface area contributed by atoms with E-state index in [2.05, 4.69) is 14.8 Å². The molecular formula is C12H21NO4. The fourth-order valence-electron chi connectivity index (χ4n) is 1.30. The maximum atomic E-state index is 11.4. The Labute approximate surface area is 102 Å². The van der Waals surface area contributed by atoms with Crippen LogP contribution in [0.1, 0.15) is 20.8 Å². The van der Waals surface area contributed by atoms with Gasteiger partial charge in [-0.1, -0.05) is 19.9 Å². The van der Waals surface area contributed by atoms with Gasteiger partial charge in [-0.25, -0.2) is 4.79 Å². The van der Waals surface area contributed by atoms with Crippen LogP contribution in [0.5, 0.6) is 0 Å². The van der Waals surface area contributed by atoms with Crippen molar-refractivity contribution >= 4 is 11.9 Å². The Morgan fingerprint density at radius 1 is 1.24 bits per heavy atom. The predicted octanol–water partition coefficient (Wildman–Crippen LogP) is 0.893. The van der Waals surface area contributed by atoms with Crippen molar-refractivity contribution in [3.05, 3.63) is 11.6 Å². The van der Waals surface area contributed by atoms with Crippen LogP contribution < -0.4 is 5.32 Å². The van der Waals surface area contributed by atoms with Crippen molar-refractivity contribution in [2.24, 2.45) is 5.92 Å². The molecular weight excluding hydrogens is 222 g/mol. The van der Waals surface area contributed by atoms with E-state index < -0.39 is 0 Å². The highest BCUT2D eigenvalue weighted by molar-refractivity contribution is 5.87. The van der Waals surface area contributed by atoms with Gasteiger partial charge in [0.2, 0.25) is 0 Å². The number of ether oxygens (including phenoxy) is 2. The molecule has 0 aromatic carbocycles. The van der Waals surface area contributed by atoms with E-state index in [1.54, 1.807) is 13.0 Å². The Bertz CT molecular complexity index is 297. The number of carbonyl (C=O) groups excluding carboxylic acids is 2. The molecule has 0 fully saturated rings. The van der Waals surface area contributed by atoms with Crippen molar-refractivity contribution < 1.29 is 19.1 Å². The van der Waals surface area contributed by atoms with E-state index in [0.29, 0.717) is 12.1 Å². The second kappa shape index (κ2) is 7.84. The van der Waals surface area contributed by atoms with Crippen molar-refractivity contribution in [1.82, 2.24) is 5.32 Å². The minimum absolute atomic E-state index is 0.120. The molecule has 0 aliphatic heterocycles. The van der Waals surface area contributed by atoms with Crippen LogP contribution >= 0.6 is 0 Å². The number of methoxy groups -OCH3 is 2. The summed E-state index contributed by atoms with van der Waals surface area (Å²) in [6.07, 6.45) is 1.68. The molecule has 5 heteroatoms. The Kier molecular flexibility index (Phi) is 7.21. The lowest BCUT2D eigenvalue weighted by molar-refractivity contribution is -0.144. The lowest BCUT2D eigenvalue weighted by Gasteiger charge is -2.18. The molecule has 0 bridgehead atoms. The maximum Gasteiger partial charge on any atom is 0.333 e. The number of hydrogen-bond donors (Lipinski definition) is 1. The topological polar surface area (TPSA) is 64.6 Å². The first-order chi connectivity index (χ1) is 7.93. The number of hydrogen-bond acceptors (Lipinski definition) is 5. The van der Waals surface area contributed by atoms with Gasteiger partial charge in [-0.15, -0.1) is 0 Å². The number of rotatable bonds is 6. The summed E-state index contributed by atoms with van der Waals surface area (Å²) in [6, 6.07) is -0.373. The zero-order chi connectivity index (χ0) is 13.4. The van der Waals surface area contributed by atoms with Gasteiger partial charge in [0.25, 0.3) is 0 Å². The first kappa shape index (κ1) is 15.6. The van der Waals surface area contributed by atoms with Crippen LogP contribution in [0.25, 0.3) is 0 Å². The van der Waals surface area contributed by atoms with Gasteiger partial charge >= 0.3 is 11.9 Å². The van der Waals surface area contributed by atoms with Crippen LogP contribution in [0.4, 0.5) is 0 Å². The first-order valence-electron chi connectivity index (χ1n) is 5.50. The highest BCUT2D eigenvalue weighted by atomic mass is 16.5. The second-order valence-electron chi connectivity index (χ2n) is 4.03. The third-order valence-electron chi connectivity index (χ3n) is 2.38. The summed E-state index contributed by atoms with van der Waals surface area (Å²) in [5, 5.41) is 3.02. The highest BCUT2D eigenvalue weighted by Crippen LogP contribution is 2.03. The number of esters is 2. The predicted molar refractivity (Wildman–Crippen MR) is 64.4 cm³/mol. The molecule has 1 unspecified atom stereocenters. The van der Waals surface area contributed by atoms with Gasteiger partial charge in [-0.3, -0.25) is 4.79 Å². The largest absolute Gasteiger partial charge is 0.468 e. The Morgan fingerprint density at radius 2 is 1.82 bits per heavy atom. The van der Waals surface area contributed by atoms with E-state index in [4.69, 9.17) is 0 Å². The molecule has 0 aliphatic rings. The molecule has 0 spiro atoms. The third kappa shape index (κ3) is 5.49. The van der Waals surface area contributed by atoms with Crippen LogP contribution in [0.2, 0.25) is 0 Å². The van der Waals surface area contributed by atoms with E-state index >= 15 is 0 Å². The zero-order valence-electron chi connectivity index (χ0n) is 11.1. The molecule has 1 atom stereocenters. The van der Waals surface area contributed by atoms with E-state index in [1.165, 1.54) is 14.2 Å². The van der Waals surface area contributed by atoms with E-state index in [0.717, 1.165) is 0 Å². The summed E-state index contributed by atoms with van der Waals surface area (Å²) >= 11 is 0. The molecule has 0 rings (SSSR count). The van der Waals surface area contributed by atoms with Gasteiger partial charge in [0.15, 0.2) is 0 Å². The maximum absolute atomic E-state index is 11.4. The van der Waals surface area contributed by atoms with Gasteiger partial charge in [0, 0.05) is 12.1 Å². The fraction of sp³-hybridized carbons (Fsp3) is 0.667. The van der Waals surface area contributed by atoms with Gasteiger partial charge in [0.1, 0.15) is 6.04 Å². The van der Waals surface area contributed by atoms with Gasteiger partial charge in [0.05, 0.1) is 14.2 Å². The standard InChI is InChI=1S/C12H21NO4/c1-8(2)10(12(15)17-5)13-7-6-9(3)11(14)16-4/h6,8,10,13H,7H2,1-5H3/b9-6-. The Hall–Kier alpha value is -1.36. The Balaban J connectivity index is 4.33. The smallest absolute Gasteiger partial charge is 0.333 e. The summed E-state index contributed by atoms with van der Waals surface area (Å²) in [5.41, 5.74) is 0.507. The summed E-state index contributed by atoms with van der Waals surface area (Å²) in [6.45, 7) is 5.92. The fourth-order valence-corrected chi connectivity index (χ4v) is 1.30. The minimum atomic E-state index is -0.373. The molecule has 17 heavy (non-hydrogen) atoms. The van der Waals surface area contributed by atoms with E-state index in [1.807, 2.05) is 13.8 Å². The molecule has 0 aliphatic carbocycles. The molecule has 0 amide bonds. The summed E-state index contributed by atoms with van der Waals surface area (Å²) in [7, 11) is 2.69. The molecule has 98 valence electrons. The monoisotopic (exact) mass is 243 g/mol. The zero-order valence-corrected chi connectivity index (χ0v) is 11.1. The molecule has 0 saturated carbocycles. The molecule has 1 N–H and O–H groups in total. The molecule has 0 heterocycles. The third-order valence-corrected chi connectivity index (χ3v) is 2.38. The summed E-state index contributed by atoms with van der Waals surface area (Å²) < 4.78 is 9.25. The summed E-state index contributed by atoms with van der Waals surface area (Å²) in [5.74, 6) is -0.552. The van der Waals surface area contributed by atoms with Crippen LogP contribution in [0.15, 0.2) is 11.6 Å². The summed E-state index contributed by atoms with van der Waals surface area (Å²) in [4.78, 5) is 22.5. The van der Waals surface area contributed by atoms with Crippen LogP contribution in [0.3, 0.4) is 0 Å². The first-order valence-corrected chi connectivity index (χ1v) is 5.50. The molecule has 0 aromatic heterocycles. The van der Waals surface area contributed by atoms with Gasteiger partial charge in [-0.05, 0) is 12.8 Å². The second-order valence-corrected chi connectivity index (χ2v) is 4.03. The highest BCUT2D eigenvalue weighted by Gasteiger charge is 2.21. The molecule has 0 saturated heterocycles. The van der Waals surface area contributed by atoms with Crippen molar-refractivity contribution in [2.45, 2.75) is 26.8 Å². The van der Waals surface area contributed by atoms with Crippen molar-refractivity contribution in [2.75, 3.05) is 20.8 Å². The SMILES string of the molecule is COC(=O)/C(C)=C\CNC(C(=O)OC)C(C)C. The average Bonchev–Trinajstić information content (AvgIpc) is 2.31. The van der Waals surface area contributed by atoms with E-state index in [-0.39, 0.29) is 23.9 Å². The van der Waals surface area contributed by atoms with Crippen molar-refractivity contribution in [3.8, 4) is 0 Å². The van der Waals surface area contributed by atoms with Gasteiger partial charge < -0.3 is 14.8 Å². The van der Waals surface area contributed by atoms with Crippen LogP contribution in [-0.2, 0) is 19.1 Å². The normalized spacial score (nSPS) is 13.4.